The van der Waals surface area contributed by atoms with Gasteiger partial charge >= 0.3 is 0 Å². The van der Waals surface area contributed by atoms with E-state index in [0.29, 0.717) is 47.0 Å². The average Bonchev–Trinajstić information content (AvgIpc) is 2.78. The maximum Gasteiger partial charge on any atom is 0.266 e. The number of carbonyl (C=O) groups excluding carboxylic acids is 1. The van der Waals surface area contributed by atoms with Crippen LogP contribution in [0.5, 0.6) is 0 Å². The monoisotopic (exact) mass is 491 g/mol. The van der Waals surface area contributed by atoms with Crippen LogP contribution in [0.15, 0.2) is 54.9 Å². The molecule has 0 aliphatic carbocycles. The van der Waals surface area contributed by atoms with Gasteiger partial charge in [0.25, 0.3) is 5.92 Å². The van der Waals surface area contributed by atoms with Gasteiger partial charge in [0.1, 0.15) is 18.0 Å². The molecular formula is C24H25ClF3N5O. The second-order valence-electron chi connectivity index (χ2n) is 8.05. The van der Waals surface area contributed by atoms with E-state index < -0.39 is 17.6 Å². The number of hydrogen-bond donors (Lipinski definition) is 2. The summed E-state index contributed by atoms with van der Waals surface area (Å²) in [6.07, 6.45) is 3.53. The van der Waals surface area contributed by atoms with Crippen molar-refractivity contribution in [1.29, 1.82) is 0 Å². The minimum Gasteiger partial charge on any atom is -0.340 e. The molecule has 0 spiro atoms. The Morgan fingerprint density at radius 2 is 1.88 bits per heavy atom. The van der Waals surface area contributed by atoms with E-state index in [4.69, 9.17) is 11.6 Å². The van der Waals surface area contributed by atoms with Crippen LogP contribution < -0.4 is 10.6 Å². The number of alkyl halides is 2. The zero-order valence-corrected chi connectivity index (χ0v) is 19.5. The average molecular weight is 492 g/mol. The quantitative estimate of drug-likeness (QED) is 0.268. The van der Waals surface area contributed by atoms with E-state index in [1.165, 1.54) is 24.5 Å². The lowest BCUT2D eigenvalue weighted by Gasteiger charge is -2.13. The normalized spacial score (nSPS) is 12.0. The number of anilines is 3. The Bertz CT molecular complexity index is 1190. The van der Waals surface area contributed by atoms with Gasteiger partial charge in [0, 0.05) is 29.3 Å². The lowest BCUT2D eigenvalue weighted by molar-refractivity contribution is -0.112. The maximum atomic E-state index is 14.0. The molecule has 0 atom stereocenters. The Balaban J connectivity index is 1.69. The van der Waals surface area contributed by atoms with Crippen molar-refractivity contribution < 1.29 is 18.0 Å². The summed E-state index contributed by atoms with van der Waals surface area (Å²) in [7, 11) is 3.78. The number of aromatic nitrogens is 2. The van der Waals surface area contributed by atoms with Gasteiger partial charge in [-0.2, -0.15) is 0 Å². The Morgan fingerprint density at radius 3 is 2.62 bits per heavy atom. The number of rotatable bonds is 10. The molecule has 6 nitrogen and oxygen atoms in total. The number of carbonyl (C=O) groups is 1. The first-order valence-corrected chi connectivity index (χ1v) is 11.0. The molecule has 0 saturated carbocycles. The number of benzene rings is 2. The number of amides is 1. The fraction of sp³-hybridized carbons (Fsp3) is 0.292. The summed E-state index contributed by atoms with van der Waals surface area (Å²) in [5, 5.41) is 6.14. The second kappa shape index (κ2) is 11.3. The van der Waals surface area contributed by atoms with E-state index in [0.717, 1.165) is 12.6 Å². The summed E-state index contributed by atoms with van der Waals surface area (Å²) in [5.74, 6) is -3.88. The molecule has 1 amide bonds. The third-order valence-electron chi connectivity index (χ3n) is 4.93. The fourth-order valence-electron chi connectivity index (χ4n) is 3.20. The van der Waals surface area contributed by atoms with Crippen LogP contribution in [0.1, 0.15) is 19.3 Å². The molecule has 10 heteroatoms. The molecule has 180 valence electrons. The minimum atomic E-state index is -3.06. The molecule has 2 aromatic carbocycles. The highest BCUT2D eigenvalue weighted by molar-refractivity contribution is 6.31. The van der Waals surface area contributed by atoms with Gasteiger partial charge in [-0.3, -0.25) is 4.79 Å². The van der Waals surface area contributed by atoms with Crippen molar-refractivity contribution in [2.24, 2.45) is 0 Å². The molecule has 3 aromatic rings. The first-order chi connectivity index (χ1) is 16.1. The zero-order chi connectivity index (χ0) is 24.7. The SMILES string of the molecule is CN(C)CCCCC(F)(F)C=CC(=O)Nc1ccc2ncnc(Nc3ccc(F)c(Cl)c3)c2c1. The van der Waals surface area contributed by atoms with Crippen molar-refractivity contribution >= 4 is 45.6 Å². The highest BCUT2D eigenvalue weighted by atomic mass is 35.5. The van der Waals surface area contributed by atoms with Crippen LogP contribution >= 0.6 is 11.6 Å². The number of fused-ring (bicyclic) bond motifs is 1. The lowest BCUT2D eigenvalue weighted by atomic mass is 10.1. The van der Waals surface area contributed by atoms with Gasteiger partial charge in [0.15, 0.2) is 0 Å². The Morgan fingerprint density at radius 1 is 1.12 bits per heavy atom. The number of unbranched alkanes of at least 4 members (excludes halogenated alkanes) is 1. The van der Waals surface area contributed by atoms with Crippen molar-refractivity contribution in [3.63, 3.8) is 0 Å². The van der Waals surface area contributed by atoms with Crippen molar-refractivity contribution in [3.8, 4) is 0 Å². The van der Waals surface area contributed by atoms with Crippen LogP contribution in [0.2, 0.25) is 5.02 Å². The molecule has 3 rings (SSSR count). The molecule has 0 unspecified atom stereocenters. The van der Waals surface area contributed by atoms with Gasteiger partial charge in [0.05, 0.1) is 10.5 Å². The van der Waals surface area contributed by atoms with Gasteiger partial charge in [-0.05, 0) is 76.0 Å². The number of hydrogen-bond acceptors (Lipinski definition) is 5. The van der Waals surface area contributed by atoms with E-state index in [9.17, 15) is 18.0 Å². The largest absolute Gasteiger partial charge is 0.340 e. The van der Waals surface area contributed by atoms with Gasteiger partial charge < -0.3 is 15.5 Å². The van der Waals surface area contributed by atoms with E-state index >= 15 is 0 Å². The van der Waals surface area contributed by atoms with E-state index in [1.54, 1.807) is 18.2 Å². The third kappa shape index (κ3) is 7.43. The zero-order valence-electron chi connectivity index (χ0n) is 18.8. The Labute approximate surface area is 200 Å². The highest BCUT2D eigenvalue weighted by Crippen LogP contribution is 2.28. The van der Waals surface area contributed by atoms with Crippen LogP contribution in [0.3, 0.4) is 0 Å². The molecule has 0 saturated heterocycles. The lowest BCUT2D eigenvalue weighted by Crippen LogP contribution is -2.17. The molecule has 1 heterocycles. The summed E-state index contributed by atoms with van der Waals surface area (Å²) in [6, 6.07) is 9.05. The van der Waals surface area contributed by atoms with Crippen LogP contribution in [-0.2, 0) is 4.79 Å². The highest BCUT2D eigenvalue weighted by Gasteiger charge is 2.24. The van der Waals surface area contributed by atoms with Crippen LogP contribution in [0.4, 0.5) is 30.4 Å². The number of nitrogens with one attached hydrogen (secondary N) is 2. The van der Waals surface area contributed by atoms with Gasteiger partial charge in [-0.1, -0.05) is 11.6 Å². The van der Waals surface area contributed by atoms with Crippen molar-refractivity contribution in [1.82, 2.24) is 14.9 Å². The van der Waals surface area contributed by atoms with Crippen LogP contribution in [0, 0.1) is 5.82 Å². The Hall–Kier alpha value is -3.17. The molecular weight excluding hydrogens is 467 g/mol. The fourth-order valence-corrected chi connectivity index (χ4v) is 3.38. The van der Waals surface area contributed by atoms with E-state index in [-0.39, 0.29) is 11.4 Å². The smallest absolute Gasteiger partial charge is 0.266 e. The first-order valence-electron chi connectivity index (χ1n) is 10.6. The summed E-state index contributed by atoms with van der Waals surface area (Å²) in [6.45, 7) is 0.733. The molecule has 0 aliphatic rings. The summed E-state index contributed by atoms with van der Waals surface area (Å²) in [4.78, 5) is 22.5. The third-order valence-corrected chi connectivity index (χ3v) is 5.22. The van der Waals surface area contributed by atoms with Gasteiger partial charge in [-0.25, -0.2) is 23.1 Å². The predicted molar refractivity (Wildman–Crippen MR) is 129 cm³/mol. The predicted octanol–water partition coefficient (Wildman–Crippen LogP) is 6.03. The molecule has 0 radical (unpaired) electrons. The molecule has 1 aromatic heterocycles. The molecule has 0 aliphatic heterocycles. The van der Waals surface area contributed by atoms with Crippen molar-refractivity contribution in [2.45, 2.75) is 25.2 Å². The summed E-state index contributed by atoms with van der Waals surface area (Å²) < 4.78 is 41.5. The van der Waals surface area contributed by atoms with Crippen LogP contribution in [0.25, 0.3) is 10.9 Å². The van der Waals surface area contributed by atoms with Crippen molar-refractivity contribution in [2.75, 3.05) is 31.3 Å². The van der Waals surface area contributed by atoms with Gasteiger partial charge in [-0.15, -0.1) is 0 Å². The van der Waals surface area contributed by atoms with E-state index in [1.807, 2.05) is 19.0 Å². The van der Waals surface area contributed by atoms with Gasteiger partial charge in [0.2, 0.25) is 5.91 Å². The van der Waals surface area contributed by atoms with Crippen LogP contribution in [-0.4, -0.2) is 47.3 Å². The second-order valence-corrected chi connectivity index (χ2v) is 8.46. The minimum absolute atomic E-state index is 0.0439. The first kappa shape index (κ1) is 25.5. The van der Waals surface area contributed by atoms with Crippen molar-refractivity contribution in [3.05, 3.63) is 65.7 Å². The standard InChI is InChI=1S/C24H25ClF3N5O/c1-33(2)12-4-3-10-24(27,28)11-9-22(34)31-16-6-8-21-18(13-16)23(30-15-29-21)32-17-5-7-20(26)19(25)14-17/h5-9,11,13-15H,3-4,10,12H2,1-2H3,(H,31,34)(H,29,30,32). The maximum absolute atomic E-state index is 14.0. The molecule has 2 N–H and O–H groups in total. The number of halogens is 4. The number of allylic oxidation sites excluding steroid dienone is 1. The number of nitrogens with zero attached hydrogens (tertiary/aromatic N) is 3. The molecule has 0 fully saturated rings. The topological polar surface area (TPSA) is 70.2 Å². The Kier molecular flexibility index (Phi) is 8.46. The van der Waals surface area contributed by atoms with E-state index in [2.05, 4.69) is 20.6 Å². The molecule has 34 heavy (non-hydrogen) atoms. The summed E-state index contributed by atoms with van der Waals surface area (Å²) in [5.41, 5.74) is 1.48. The summed E-state index contributed by atoms with van der Waals surface area (Å²) >= 11 is 5.83. The molecule has 0 bridgehead atoms.